The van der Waals surface area contributed by atoms with Crippen molar-refractivity contribution in [2.45, 2.75) is 57.5 Å². The highest BCUT2D eigenvalue weighted by molar-refractivity contribution is 9.10. The number of carbonyl (C=O) groups excluding carboxylic acids is 2. The molecular formula is C29H36BrN3O2. The maximum Gasteiger partial charge on any atom is 0.229 e. The lowest BCUT2D eigenvalue weighted by Crippen LogP contribution is -2.45. The van der Waals surface area contributed by atoms with Crippen molar-refractivity contribution >= 4 is 27.7 Å². The summed E-state index contributed by atoms with van der Waals surface area (Å²) < 4.78 is 1.06. The number of nitrogens with zero attached hydrogens (tertiary/aromatic N) is 2. The molecule has 2 heterocycles. The number of hydrogen-bond donors (Lipinski definition) is 1. The fraction of sp³-hybridized carbons (Fsp3) is 0.517. The molecule has 3 fully saturated rings. The van der Waals surface area contributed by atoms with Crippen LogP contribution in [0.5, 0.6) is 0 Å². The van der Waals surface area contributed by atoms with Crippen molar-refractivity contribution < 1.29 is 9.59 Å². The van der Waals surface area contributed by atoms with Crippen LogP contribution in [0.1, 0.15) is 62.1 Å². The average molecular weight is 539 g/mol. The van der Waals surface area contributed by atoms with Gasteiger partial charge >= 0.3 is 0 Å². The SMILES string of the molecule is O=C(CC1CC1)NC(CCN1CCC2(CC1)CCN(Cc1ccc(Br)cc1)C2=O)c1ccccc1. The molecule has 2 aromatic carbocycles. The van der Waals surface area contributed by atoms with Gasteiger partial charge in [0.1, 0.15) is 0 Å². The van der Waals surface area contributed by atoms with Crippen LogP contribution in [0.3, 0.4) is 0 Å². The number of benzene rings is 2. The number of carbonyl (C=O) groups is 2. The zero-order valence-corrected chi connectivity index (χ0v) is 22.0. The first-order chi connectivity index (χ1) is 17.0. The number of hydrogen-bond acceptors (Lipinski definition) is 3. The number of likely N-dealkylation sites (tertiary alicyclic amines) is 2. The van der Waals surface area contributed by atoms with E-state index in [0.29, 0.717) is 24.8 Å². The van der Waals surface area contributed by atoms with Gasteiger partial charge in [-0.15, -0.1) is 0 Å². The fourth-order valence-corrected chi connectivity index (χ4v) is 5.94. The van der Waals surface area contributed by atoms with Crippen LogP contribution in [-0.4, -0.2) is 47.8 Å². The highest BCUT2D eigenvalue weighted by Crippen LogP contribution is 2.42. The summed E-state index contributed by atoms with van der Waals surface area (Å²) in [5, 5.41) is 3.30. The summed E-state index contributed by atoms with van der Waals surface area (Å²) in [7, 11) is 0. The first-order valence-electron chi connectivity index (χ1n) is 13.1. The molecule has 1 unspecified atom stereocenters. The second-order valence-electron chi connectivity index (χ2n) is 10.7. The van der Waals surface area contributed by atoms with Gasteiger partial charge in [0, 0.05) is 30.5 Å². The van der Waals surface area contributed by atoms with E-state index in [4.69, 9.17) is 0 Å². The first kappa shape index (κ1) is 24.5. The number of nitrogens with one attached hydrogen (secondary N) is 1. The Bertz CT molecular complexity index is 1010. The lowest BCUT2D eigenvalue weighted by atomic mass is 9.77. The molecule has 1 saturated carbocycles. The van der Waals surface area contributed by atoms with Crippen molar-refractivity contribution in [1.29, 1.82) is 0 Å². The van der Waals surface area contributed by atoms with Gasteiger partial charge in [-0.3, -0.25) is 9.59 Å². The van der Waals surface area contributed by atoms with Crippen molar-refractivity contribution in [1.82, 2.24) is 15.1 Å². The molecule has 1 spiro atoms. The molecule has 0 bridgehead atoms. The second-order valence-corrected chi connectivity index (χ2v) is 11.6. The lowest BCUT2D eigenvalue weighted by molar-refractivity contribution is -0.139. The van der Waals surface area contributed by atoms with Gasteiger partial charge in [0.2, 0.25) is 11.8 Å². The summed E-state index contributed by atoms with van der Waals surface area (Å²) >= 11 is 3.49. The Morgan fingerprint density at radius 3 is 2.37 bits per heavy atom. The second kappa shape index (κ2) is 10.8. The summed E-state index contributed by atoms with van der Waals surface area (Å²) in [5.41, 5.74) is 2.19. The molecule has 3 aliphatic rings. The summed E-state index contributed by atoms with van der Waals surface area (Å²) in [5.74, 6) is 1.12. The van der Waals surface area contributed by atoms with Crippen molar-refractivity contribution in [3.05, 3.63) is 70.2 Å². The molecule has 0 radical (unpaired) electrons. The van der Waals surface area contributed by atoms with Gasteiger partial charge in [-0.05, 0) is 80.8 Å². The molecule has 1 aliphatic carbocycles. The quantitative estimate of drug-likeness (QED) is 0.471. The Kier molecular flexibility index (Phi) is 7.59. The summed E-state index contributed by atoms with van der Waals surface area (Å²) in [4.78, 5) is 30.5. The summed E-state index contributed by atoms with van der Waals surface area (Å²) in [6.07, 6.45) is 6.79. The van der Waals surface area contributed by atoms with E-state index >= 15 is 0 Å². The number of amides is 2. The highest BCUT2D eigenvalue weighted by Gasteiger charge is 2.47. The van der Waals surface area contributed by atoms with Gasteiger partial charge in [-0.2, -0.15) is 0 Å². The maximum atomic E-state index is 13.4. The third-order valence-corrected chi connectivity index (χ3v) is 8.67. The Morgan fingerprint density at radius 1 is 1.00 bits per heavy atom. The van der Waals surface area contributed by atoms with Crippen molar-refractivity contribution in [3.63, 3.8) is 0 Å². The fourth-order valence-electron chi connectivity index (χ4n) is 5.68. The van der Waals surface area contributed by atoms with E-state index in [2.05, 4.69) is 55.3 Å². The molecule has 6 heteroatoms. The minimum atomic E-state index is -0.177. The molecule has 1 N–H and O–H groups in total. The predicted octanol–water partition coefficient (Wildman–Crippen LogP) is 5.31. The summed E-state index contributed by atoms with van der Waals surface area (Å²) in [6.45, 7) is 4.41. The van der Waals surface area contributed by atoms with Crippen molar-refractivity contribution in [2.24, 2.45) is 11.3 Å². The molecular weight excluding hydrogens is 502 g/mol. The minimum absolute atomic E-state index is 0.0489. The number of rotatable bonds is 9. The minimum Gasteiger partial charge on any atom is -0.349 e. The van der Waals surface area contributed by atoms with Crippen molar-refractivity contribution in [2.75, 3.05) is 26.2 Å². The van der Waals surface area contributed by atoms with E-state index in [0.717, 1.165) is 56.3 Å². The number of piperidine rings is 1. The van der Waals surface area contributed by atoms with Gasteiger partial charge in [0.05, 0.1) is 11.5 Å². The first-order valence-corrected chi connectivity index (χ1v) is 13.9. The van der Waals surface area contributed by atoms with Gasteiger partial charge in [-0.1, -0.05) is 58.4 Å². The molecule has 5 rings (SSSR count). The van der Waals surface area contributed by atoms with Crippen LogP contribution >= 0.6 is 15.9 Å². The average Bonchev–Trinajstić information content (AvgIpc) is 3.65. The molecule has 186 valence electrons. The Morgan fingerprint density at radius 2 is 1.69 bits per heavy atom. The normalized spacial score (nSPS) is 20.8. The van der Waals surface area contributed by atoms with Gasteiger partial charge in [0.25, 0.3) is 0 Å². The zero-order valence-electron chi connectivity index (χ0n) is 20.4. The molecule has 5 nitrogen and oxygen atoms in total. The highest BCUT2D eigenvalue weighted by atomic mass is 79.9. The standard InChI is InChI=1S/C29H36BrN3O2/c30-25-10-8-23(9-11-25)21-33-19-15-29(28(33)35)13-17-32(18-14-29)16-12-26(24-4-2-1-3-5-24)31-27(34)20-22-6-7-22/h1-5,8-11,22,26H,6-7,12-21H2,(H,31,34). The predicted molar refractivity (Wildman–Crippen MR) is 142 cm³/mol. The van der Waals surface area contributed by atoms with Crippen LogP contribution in [-0.2, 0) is 16.1 Å². The van der Waals surface area contributed by atoms with Crippen LogP contribution in [0.4, 0.5) is 0 Å². The molecule has 2 amide bonds. The Labute approximate surface area is 217 Å². The Hall–Kier alpha value is -2.18. The lowest BCUT2D eigenvalue weighted by Gasteiger charge is -2.38. The smallest absolute Gasteiger partial charge is 0.229 e. The molecule has 1 atom stereocenters. The van der Waals surface area contributed by atoms with E-state index in [1.54, 1.807) is 0 Å². The van der Waals surface area contributed by atoms with Crippen LogP contribution in [0.25, 0.3) is 0 Å². The molecule has 0 aromatic heterocycles. The number of halogens is 1. The van der Waals surface area contributed by atoms with Crippen molar-refractivity contribution in [3.8, 4) is 0 Å². The molecule has 2 saturated heterocycles. The third-order valence-electron chi connectivity index (χ3n) is 8.14. The van der Waals surface area contributed by atoms with E-state index in [1.807, 2.05) is 30.3 Å². The largest absolute Gasteiger partial charge is 0.349 e. The van der Waals surface area contributed by atoms with E-state index in [1.165, 1.54) is 24.0 Å². The topological polar surface area (TPSA) is 52.7 Å². The molecule has 2 aromatic rings. The van der Waals surface area contributed by atoms with E-state index in [9.17, 15) is 9.59 Å². The van der Waals surface area contributed by atoms with Crippen LogP contribution in [0, 0.1) is 11.3 Å². The molecule has 35 heavy (non-hydrogen) atoms. The Balaban J connectivity index is 1.13. The monoisotopic (exact) mass is 537 g/mol. The van der Waals surface area contributed by atoms with Gasteiger partial charge in [-0.25, -0.2) is 0 Å². The van der Waals surface area contributed by atoms with Crippen LogP contribution in [0.2, 0.25) is 0 Å². The van der Waals surface area contributed by atoms with E-state index < -0.39 is 0 Å². The van der Waals surface area contributed by atoms with E-state index in [-0.39, 0.29) is 17.4 Å². The zero-order chi connectivity index (χ0) is 24.3. The molecule has 2 aliphatic heterocycles. The van der Waals surface area contributed by atoms with Crippen LogP contribution in [0.15, 0.2) is 59.1 Å². The summed E-state index contributed by atoms with van der Waals surface area (Å²) in [6, 6.07) is 18.7. The maximum absolute atomic E-state index is 13.4. The van der Waals surface area contributed by atoms with Crippen LogP contribution < -0.4 is 5.32 Å². The third kappa shape index (κ3) is 6.15. The van der Waals surface area contributed by atoms with Gasteiger partial charge < -0.3 is 15.1 Å². The van der Waals surface area contributed by atoms with Gasteiger partial charge in [0.15, 0.2) is 0 Å².